The Morgan fingerprint density at radius 1 is 1.32 bits per heavy atom. The highest BCUT2D eigenvalue weighted by molar-refractivity contribution is 5.83. The third kappa shape index (κ3) is 5.91. The van der Waals surface area contributed by atoms with Crippen LogP contribution in [0.3, 0.4) is 0 Å². The van der Waals surface area contributed by atoms with Crippen molar-refractivity contribution in [1.82, 2.24) is 15.5 Å². The summed E-state index contributed by atoms with van der Waals surface area (Å²) in [5.74, 6) is -0.0471. The predicted octanol–water partition coefficient (Wildman–Crippen LogP) is 2.68. The van der Waals surface area contributed by atoms with Gasteiger partial charge in [-0.05, 0) is 45.6 Å². The third-order valence-corrected chi connectivity index (χ3v) is 6.29. The van der Waals surface area contributed by atoms with Gasteiger partial charge in [0.05, 0.1) is 19.2 Å². The summed E-state index contributed by atoms with van der Waals surface area (Å²) in [6, 6.07) is 1.54. The number of amides is 2. The molecule has 1 aliphatic carbocycles. The molecule has 0 radical (unpaired) electrons. The zero-order valence-electron chi connectivity index (χ0n) is 17.3. The molecule has 3 unspecified atom stereocenters. The second-order valence-electron chi connectivity index (χ2n) is 8.43. The quantitative estimate of drug-likeness (QED) is 0.589. The maximum atomic E-state index is 13.5. The van der Waals surface area contributed by atoms with E-state index in [0.29, 0.717) is 6.54 Å². The molecule has 2 fully saturated rings. The van der Waals surface area contributed by atoms with Crippen LogP contribution in [0.1, 0.15) is 71.6 Å². The zero-order chi connectivity index (χ0) is 20.6. The van der Waals surface area contributed by atoms with Gasteiger partial charge in [-0.25, -0.2) is 4.39 Å². The van der Waals surface area contributed by atoms with Crippen LogP contribution in [0.2, 0.25) is 0 Å². The summed E-state index contributed by atoms with van der Waals surface area (Å²) in [5, 5.41) is 15.3. The Labute approximate surface area is 168 Å². The van der Waals surface area contributed by atoms with Crippen LogP contribution in [0.4, 0.5) is 4.39 Å². The molecule has 0 aromatic carbocycles. The Kier molecular flexibility index (Phi) is 8.68. The molecule has 0 bridgehead atoms. The lowest BCUT2D eigenvalue weighted by Crippen LogP contribution is -2.46. The van der Waals surface area contributed by atoms with Gasteiger partial charge in [-0.15, -0.1) is 0 Å². The monoisotopic (exact) mass is 394 g/mol. The molecule has 1 aliphatic heterocycles. The normalized spacial score (nSPS) is 25.1. The maximum absolute atomic E-state index is 13.5. The van der Waals surface area contributed by atoms with E-state index in [-0.39, 0.29) is 42.8 Å². The van der Waals surface area contributed by atoms with Crippen LogP contribution in [0.5, 0.6) is 0 Å². The molecule has 158 valence electrons. The molecule has 2 rings (SSSR count). The van der Waals surface area contributed by atoms with Gasteiger partial charge in [0.25, 0.3) is 0 Å². The molecule has 7 heteroatoms. The first-order valence-electron chi connectivity index (χ1n) is 10.8. The summed E-state index contributed by atoms with van der Waals surface area (Å²) in [5.41, 5.74) is -0.282. The number of hydrogen-bond donors (Lipinski definition) is 2. The Bertz CT molecular complexity index is 571. The van der Waals surface area contributed by atoms with E-state index >= 15 is 0 Å². The molecule has 0 spiro atoms. The number of nitrogens with one attached hydrogen (secondary N) is 2. The molecule has 3 atom stereocenters. The molecule has 1 saturated heterocycles. The number of alkyl halides is 1. The Balaban J connectivity index is 1.77. The number of carbonyl (C=O) groups excluding carboxylic acids is 2. The van der Waals surface area contributed by atoms with Crippen molar-refractivity contribution in [3.63, 3.8) is 0 Å². The summed E-state index contributed by atoms with van der Waals surface area (Å²) in [4.78, 5) is 26.4. The van der Waals surface area contributed by atoms with E-state index in [9.17, 15) is 14.0 Å². The number of nitriles is 1. The lowest BCUT2D eigenvalue weighted by atomic mass is 9.70. The fraction of sp³-hybridized carbons (Fsp3) is 0.857. The molecule has 28 heavy (non-hydrogen) atoms. The van der Waals surface area contributed by atoms with Crippen molar-refractivity contribution in [2.45, 2.75) is 89.9 Å². The van der Waals surface area contributed by atoms with Crippen LogP contribution in [0.25, 0.3) is 0 Å². The standard InChI is InChI=1S/C21H35FN4O2/c1-3-16(2)25-20(28)21(8-5-4-6-9-21)10-7-11-24-14-19(27)26-15-17(22)12-18(26)13-23/h16-18,24H,3-12,14-15H2,1-2H3,(H,25,28). The van der Waals surface area contributed by atoms with E-state index in [1.807, 2.05) is 13.0 Å². The Morgan fingerprint density at radius 2 is 2.04 bits per heavy atom. The summed E-state index contributed by atoms with van der Waals surface area (Å²) >= 11 is 0. The van der Waals surface area contributed by atoms with Crippen LogP contribution in [-0.2, 0) is 9.59 Å². The van der Waals surface area contributed by atoms with Gasteiger partial charge in [-0.3, -0.25) is 9.59 Å². The summed E-state index contributed by atoms with van der Waals surface area (Å²) in [6.07, 6.45) is 6.79. The molecule has 1 heterocycles. The van der Waals surface area contributed by atoms with E-state index in [4.69, 9.17) is 5.26 Å². The van der Waals surface area contributed by atoms with Crippen LogP contribution in [0.15, 0.2) is 0 Å². The highest BCUT2D eigenvalue weighted by atomic mass is 19.1. The molecule has 6 nitrogen and oxygen atoms in total. The molecular formula is C21H35FN4O2. The second kappa shape index (κ2) is 10.8. The van der Waals surface area contributed by atoms with Gasteiger partial charge in [-0.2, -0.15) is 5.26 Å². The number of nitrogens with zero attached hydrogens (tertiary/aromatic N) is 2. The number of halogens is 1. The molecule has 0 aromatic rings. The first-order chi connectivity index (χ1) is 13.4. The van der Waals surface area contributed by atoms with Gasteiger partial charge in [0, 0.05) is 17.9 Å². The average molecular weight is 395 g/mol. The topological polar surface area (TPSA) is 85.2 Å². The van der Waals surface area contributed by atoms with Crippen molar-refractivity contribution in [3.05, 3.63) is 0 Å². The lowest BCUT2D eigenvalue weighted by molar-refractivity contribution is -0.134. The summed E-state index contributed by atoms with van der Waals surface area (Å²) < 4.78 is 13.5. The Hall–Kier alpha value is -1.68. The van der Waals surface area contributed by atoms with Crippen molar-refractivity contribution in [2.24, 2.45) is 5.41 Å². The largest absolute Gasteiger partial charge is 0.353 e. The van der Waals surface area contributed by atoms with Crippen molar-refractivity contribution < 1.29 is 14.0 Å². The predicted molar refractivity (Wildman–Crippen MR) is 106 cm³/mol. The van der Waals surface area contributed by atoms with Gasteiger partial charge >= 0.3 is 0 Å². The number of carbonyl (C=O) groups is 2. The van der Waals surface area contributed by atoms with E-state index in [1.54, 1.807) is 0 Å². The molecule has 2 N–H and O–H groups in total. The van der Waals surface area contributed by atoms with Crippen LogP contribution in [-0.4, -0.2) is 54.6 Å². The summed E-state index contributed by atoms with van der Waals surface area (Å²) in [7, 11) is 0. The molecule has 0 aromatic heterocycles. The highest BCUT2D eigenvalue weighted by Crippen LogP contribution is 2.40. The SMILES string of the molecule is CCC(C)NC(=O)C1(CCCNCC(=O)N2CC(F)CC2C#N)CCCCC1. The van der Waals surface area contributed by atoms with Gasteiger partial charge in [0.1, 0.15) is 12.2 Å². The molecule has 2 aliphatic rings. The van der Waals surface area contributed by atoms with Crippen LogP contribution < -0.4 is 10.6 Å². The zero-order valence-corrected chi connectivity index (χ0v) is 17.3. The van der Waals surface area contributed by atoms with E-state index < -0.39 is 12.2 Å². The molecule has 2 amide bonds. The van der Waals surface area contributed by atoms with Crippen molar-refractivity contribution in [1.29, 1.82) is 5.26 Å². The molecular weight excluding hydrogens is 359 g/mol. The van der Waals surface area contributed by atoms with E-state index in [0.717, 1.165) is 44.9 Å². The fourth-order valence-corrected chi connectivity index (χ4v) is 4.33. The smallest absolute Gasteiger partial charge is 0.237 e. The van der Waals surface area contributed by atoms with Gasteiger partial charge in [0.2, 0.25) is 11.8 Å². The van der Waals surface area contributed by atoms with Crippen molar-refractivity contribution >= 4 is 11.8 Å². The molecule has 1 saturated carbocycles. The fourth-order valence-electron chi connectivity index (χ4n) is 4.33. The van der Waals surface area contributed by atoms with Gasteiger partial charge < -0.3 is 15.5 Å². The lowest BCUT2D eigenvalue weighted by Gasteiger charge is -2.37. The van der Waals surface area contributed by atoms with Crippen molar-refractivity contribution in [2.75, 3.05) is 19.6 Å². The number of hydrogen-bond acceptors (Lipinski definition) is 4. The van der Waals surface area contributed by atoms with Gasteiger partial charge in [-0.1, -0.05) is 26.2 Å². The minimum atomic E-state index is -1.11. The summed E-state index contributed by atoms with van der Waals surface area (Å²) in [6.45, 7) is 4.86. The maximum Gasteiger partial charge on any atom is 0.237 e. The van der Waals surface area contributed by atoms with Gasteiger partial charge in [0.15, 0.2) is 0 Å². The Morgan fingerprint density at radius 3 is 2.68 bits per heavy atom. The minimum absolute atomic E-state index is 0.0115. The number of likely N-dealkylation sites (tertiary alicyclic amines) is 1. The highest BCUT2D eigenvalue weighted by Gasteiger charge is 2.39. The second-order valence-corrected chi connectivity index (χ2v) is 8.43. The van der Waals surface area contributed by atoms with E-state index in [2.05, 4.69) is 17.6 Å². The van der Waals surface area contributed by atoms with E-state index in [1.165, 1.54) is 11.3 Å². The number of rotatable bonds is 9. The van der Waals surface area contributed by atoms with Crippen LogP contribution >= 0.6 is 0 Å². The van der Waals surface area contributed by atoms with Crippen molar-refractivity contribution in [3.8, 4) is 6.07 Å². The third-order valence-electron chi connectivity index (χ3n) is 6.29. The minimum Gasteiger partial charge on any atom is -0.353 e. The van der Waals surface area contributed by atoms with Crippen LogP contribution in [0, 0.1) is 16.7 Å². The first-order valence-corrected chi connectivity index (χ1v) is 10.8. The average Bonchev–Trinajstić information content (AvgIpc) is 3.09. The first kappa shape index (κ1) is 22.6.